The van der Waals surface area contributed by atoms with Crippen LogP contribution in [0, 0.1) is 0 Å². The fourth-order valence-electron chi connectivity index (χ4n) is 1.62. The van der Waals surface area contributed by atoms with Gasteiger partial charge in [0, 0.05) is 12.7 Å². The van der Waals surface area contributed by atoms with Crippen LogP contribution in [0.5, 0.6) is 0 Å². The number of nitrogens with zero attached hydrogens (tertiary/aromatic N) is 1. The molecule has 6 nitrogen and oxygen atoms in total. The maximum atomic E-state index is 12.6. The number of carbonyl (C=O) groups is 1. The van der Waals surface area contributed by atoms with E-state index < -0.39 is 35.8 Å². The van der Waals surface area contributed by atoms with Gasteiger partial charge in [0.15, 0.2) is 0 Å². The molecule has 0 radical (unpaired) electrons. The third-order valence-electron chi connectivity index (χ3n) is 2.63. The van der Waals surface area contributed by atoms with Gasteiger partial charge in [-0.1, -0.05) is 0 Å². The van der Waals surface area contributed by atoms with Gasteiger partial charge in [-0.3, -0.25) is 4.98 Å². The fourth-order valence-corrected chi connectivity index (χ4v) is 1.62. The zero-order valence-electron chi connectivity index (χ0n) is 12.9. The van der Waals surface area contributed by atoms with E-state index in [9.17, 15) is 28.2 Å². The van der Waals surface area contributed by atoms with Gasteiger partial charge in [-0.05, 0) is 38.5 Å². The van der Waals surface area contributed by atoms with Crippen LogP contribution in [0.4, 0.5) is 18.0 Å². The minimum absolute atomic E-state index is 0.161. The van der Waals surface area contributed by atoms with Crippen molar-refractivity contribution >= 4 is 6.09 Å². The summed E-state index contributed by atoms with van der Waals surface area (Å²) in [6.07, 6.45) is -7.71. The number of aliphatic hydroxyl groups is 2. The van der Waals surface area contributed by atoms with Crippen molar-refractivity contribution in [2.75, 3.05) is 6.54 Å². The Kier molecular flexibility index (Phi) is 5.95. The molecule has 1 rings (SSSR count). The first-order valence-electron chi connectivity index (χ1n) is 6.76. The largest absolute Gasteiger partial charge is 0.444 e. The minimum Gasteiger partial charge on any atom is -0.444 e. The van der Waals surface area contributed by atoms with Gasteiger partial charge in [0.05, 0.1) is 0 Å². The van der Waals surface area contributed by atoms with Gasteiger partial charge >= 0.3 is 12.3 Å². The second-order valence-electron chi connectivity index (χ2n) is 5.87. The highest BCUT2D eigenvalue weighted by atomic mass is 19.4. The van der Waals surface area contributed by atoms with Crippen molar-refractivity contribution in [2.45, 2.75) is 44.8 Å². The van der Waals surface area contributed by atoms with Crippen LogP contribution >= 0.6 is 0 Å². The molecule has 0 bridgehead atoms. The molecule has 1 aromatic heterocycles. The number of hydrogen-bond donors (Lipinski definition) is 3. The first kappa shape index (κ1) is 19.2. The quantitative estimate of drug-likeness (QED) is 0.782. The summed E-state index contributed by atoms with van der Waals surface area (Å²) in [6.45, 7) is 4.55. The predicted octanol–water partition coefficient (Wildman–Crippen LogP) is 2.02. The van der Waals surface area contributed by atoms with Crippen LogP contribution in [0.1, 0.15) is 38.1 Å². The van der Waals surface area contributed by atoms with E-state index in [1.54, 1.807) is 20.8 Å². The van der Waals surface area contributed by atoms with Gasteiger partial charge < -0.3 is 20.3 Å². The molecule has 0 aromatic carbocycles. The molecule has 9 heteroatoms. The molecule has 23 heavy (non-hydrogen) atoms. The molecule has 2 atom stereocenters. The molecule has 1 heterocycles. The smallest absolute Gasteiger partial charge is 0.433 e. The second kappa shape index (κ2) is 7.14. The molecule has 2 unspecified atom stereocenters. The summed E-state index contributed by atoms with van der Waals surface area (Å²) >= 11 is 0. The number of halogens is 3. The Morgan fingerprint density at radius 3 is 2.48 bits per heavy atom. The molecule has 0 saturated heterocycles. The Balaban J connectivity index is 2.67. The van der Waals surface area contributed by atoms with Crippen LogP contribution in [-0.4, -0.2) is 39.5 Å². The van der Waals surface area contributed by atoms with Crippen LogP contribution < -0.4 is 5.32 Å². The number of hydrogen-bond acceptors (Lipinski definition) is 5. The highest BCUT2D eigenvalue weighted by Gasteiger charge is 2.33. The normalized spacial score (nSPS) is 15.0. The van der Waals surface area contributed by atoms with Crippen molar-refractivity contribution in [2.24, 2.45) is 0 Å². The molecule has 3 N–H and O–H groups in total. The molecular formula is C14H19F3N2O4. The summed E-state index contributed by atoms with van der Waals surface area (Å²) in [7, 11) is 0. The van der Waals surface area contributed by atoms with Gasteiger partial charge in [-0.15, -0.1) is 0 Å². The number of carbonyl (C=O) groups excluding carboxylic acids is 1. The average molecular weight is 336 g/mol. The Hall–Kier alpha value is -1.87. The highest BCUT2D eigenvalue weighted by molar-refractivity contribution is 5.67. The number of nitrogens with one attached hydrogen (secondary N) is 1. The maximum Gasteiger partial charge on any atom is 0.433 e. The Labute approximate surface area is 131 Å². The summed E-state index contributed by atoms with van der Waals surface area (Å²) in [4.78, 5) is 14.6. The summed E-state index contributed by atoms with van der Waals surface area (Å²) < 4.78 is 42.6. The summed E-state index contributed by atoms with van der Waals surface area (Å²) in [5, 5.41) is 21.9. The number of alkyl carbamates (subject to hydrolysis) is 1. The molecule has 1 amide bonds. The number of alkyl halides is 3. The van der Waals surface area contributed by atoms with E-state index in [4.69, 9.17) is 4.74 Å². The van der Waals surface area contributed by atoms with E-state index in [0.717, 1.165) is 12.3 Å². The molecule has 0 aliphatic rings. The Morgan fingerprint density at radius 2 is 1.96 bits per heavy atom. The van der Waals surface area contributed by atoms with E-state index in [1.807, 2.05) is 0 Å². The van der Waals surface area contributed by atoms with Crippen LogP contribution in [0.3, 0.4) is 0 Å². The lowest BCUT2D eigenvalue weighted by atomic mass is 10.0. The van der Waals surface area contributed by atoms with Crippen molar-refractivity contribution < 1.29 is 32.9 Å². The average Bonchev–Trinajstić information content (AvgIpc) is 2.41. The molecule has 1 aromatic rings. The molecule has 0 fully saturated rings. The minimum atomic E-state index is -4.66. The SMILES string of the molecule is CC(C)(C)OC(=O)NCC(O)C(O)c1ccnc(C(F)(F)F)c1. The lowest BCUT2D eigenvalue weighted by Crippen LogP contribution is -2.38. The van der Waals surface area contributed by atoms with Crippen LogP contribution in [-0.2, 0) is 10.9 Å². The van der Waals surface area contributed by atoms with Crippen molar-refractivity contribution in [1.29, 1.82) is 0 Å². The van der Waals surface area contributed by atoms with Crippen LogP contribution in [0.25, 0.3) is 0 Å². The first-order valence-corrected chi connectivity index (χ1v) is 6.76. The van der Waals surface area contributed by atoms with Crippen LogP contribution in [0.15, 0.2) is 18.3 Å². The van der Waals surface area contributed by atoms with Gasteiger partial charge in [0.25, 0.3) is 0 Å². The molecular weight excluding hydrogens is 317 g/mol. The maximum absolute atomic E-state index is 12.6. The van der Waals surface area contributed by atoms with Gasteiger partial charge in [-0.25, -0.2) is 4.79 Å². The molecule has 0 spiro atoms. The second-order valence-corrected chi connectivity index (χ2v) is 5.87. The monoisotopic (exact) mass is 336 g/mol. The Morgan fingerprint density at radius 1 is 1.35 bits per heavy atom. The lowest BCUT2D eigenvalue weighted by molar-refractivity contribution is -0.141. The summed E-state index contributed by atoms with van der Waals surface area (Å²) in [6, 6.07) is 1.79. The number of amides is 1. The van der Waals surface area contributed by atoms with Crippen molar-refractivity contribution in [3.05, 3.63) is 29.6 Å². The third kappa shape index (κ3) is 6.41. The van der Waals surface area contributed by atoms with Gasteiger partial charge in [0.2, 0.25) is 0 Å². The highest BCUT2D eigenvalue weighted by Crippen LogP contribution is 2.29. The Bertz CT molecular complexity index is 544. The predicted molar refractivity (Wildman–Crippen MR) is 74.4 cm³/mol. The van der Waals surface area contributed by atoms with E-state index in [1.165, 1.54) is 0 Å². The van der Waals surface area contributed by atoms with Crippen molar-refractivity contribution in [3.63, 3.8) is 0 Å². The molecule has 130 valence electrons. The summed E-state index contributed by atoms with van der Waals surface area (Å²) in [5.74, 6) is 0. The molecule has 0 aliphatic heterocycles. The van der Waals surface area contributed by atoms with E-state index in [-0.39, 0.29) is 12.1 Å². The molecule has 0 saturated carbocycles. The first-order chi connectivity index (χ1) is 10.4. The zero-order valence-corrected chi connectivity index (χ0v) is 12.9. The van der Waals surface area contributed by atoms with Crippen molar-refractivity contribution in [1.82, 2.24) is 10.3 Å². The third-order valence-corrected chi connectivity index (χ3v) is 2.63. The zero-order chi connectivity index (χ0) is 17.8. The summed E-state index contributed by atoms with van der Waals surface area (Å²) in [5.41, 5.74) is -2.08. The van der Waals surface area contributed by atoms with Crippen molar-refractivity contribution in [3.8, 4) is 0 Å². The number of rotatable bonds is 4. The number of pyridine rings is 1. The van der Waals surface area contributed by atoms with E-state index in [2.05, 4.69) is 10.3 Å². The number of ether oxygens (including phenoxy) is 1. The van der Waals surface area contributed by atoms with E-state index >= 15 is 0 Å². The van der Waals surface area contributed by atoms with Crippen LogP contribution in [0.2, 0.25) is 0 Å². The van der Waals surface area contributed by atoms with E-state index in [0.29, 0.717) is 6.07 Å². The van der Waals surface area contributed by atoms with Gasteiger partial charge in [0.1, 0.15) is 23.5 Å². The topological polar surface area (TPSA) is 91.7 Å². The molecule has 0 aliphatic carbocycles. The lowest BCUT2D eigenvalue weighted by Gasteiger charge is -2.22. The fraction of sp³-hybridized carbons (Fsp3) is 0.571. The number of aliphatic hydroxyl groups excluding tert-OH is 2. The number of aromatic nitrogens is 1. The standard InChI is InChI=1S/C14H19F3N2O4/c1-13(2,3)23-12(22)19-7-9(20)11(21)8-4-5-18-10(6-8)14(15,16)17/h4-6,9,11,20-21H,7H2,1-3H3,(H,19,22). The van der Waals surface area contributed by atoms with Gasteiger partial charge in [-0.2, -0.15) is 13.2 Å².